The summed E-state index contributed by atoms with van der Waals surface area (Å²) in [5, 5.41) is 15.6. The van der Waals surface area contributed by atoms with Crippen molar-refractivity contribution < 1.29 is 9.72 Å². The SMILES string of the molecule is O=C(c1ccc(-n2cncn2)c([N+](=O)[O-])c1)N(CCc1ccccc1)Cc1ccccc1. The van der Waals surface area contributed by atoms with Gasteiger partial charge in [0.15, 0.2) is 0 Å². The van der Waals surface area contributed by atoms with Crippen LogP contribution in [0.3, 0.4) is 0 Å². The van der Waals surface area contributed by atoms with Crippen molar-refractivity contribution in [2.45, 2.75) is 13.0 Å². The first-order valence-electron chi connectivity index (χ1n) is 10.1. The van der Waals surface area contributed by atoms with Crippen LogP contribution < -0.4 is 0 Å². The van der Waals surface area contributed by atoms with Crippen LogP contribution >= 0.6 is 0 Å². The zero-order valence-corrected chi connectivity index (χ0v) is 17.2. The topological polar surface area (TPSA) is 94.2 Å². The van der Waals surface area contributed by atoms with E-state index < -0.39 is 4.92 Å². The summed E-state index contributed by atoms with van der Waals surface area (Å²) >= 11 is 0. The molecular formula is C24H21N5O3. The summed E-state index contributed by atoms with van der Waals surface area (Å²) in [4.78, 5) is 30.1. The van der Waals surface area contributed by atoms with Gasteiger partial charge in [-0.15, -0.1) is 0 Å². The fraction of sp³-hybridized carbons (Fsp3) is 0.125. The lowest BCUT2D eigenvalue weighted by molar-refractivity contribution is -0.384. The van der Waals surface area contributed by atoms with E-state index in [9.17, 15) is 14.9 Å². The van der Waals surface area contributed by atoms with Gasteiger partial charge in [-0.05, 0) is 29.7 Å². The highest BCUT2D eigenvalue weighted by Gasteiger charge is 2.22. The van der Waals surface area contributed by atoms with Crippen molar-refractivity contribution in [1.82, 2.24) is 19.7 Å². The Hall–Kier alpha value is -4.33. The Kier molecular flexibility index (Phi) is 6.31. The van der Waals surface area contributed by atoms with Crippen molar-refractivity contribution in [1.29, 1.82) is 0 Å². The third-order valence-electron chi connectivity index (χ3n) is 5.10. The van der Waals surface area contributed by atoms with Gasteiger partial charge in [-0.3, -0.25) is 14.9 Å². The fourth-order valence-corrected chi connectivity index (χ4v) is 3.48. The summed E-state index contributed by atoms with van der Waals surface area (Å²) in [6.07, 6.45) is 3.36. The second kappa shape index (κ2) is 9.65. The monoisotopic (exact) mass is 427 g/mol. The number of carbonyl (C=O) groups is 1. The molecule has 0 saturated carbocycles. The Balaban J connectivity index is 1.63. The van der Waals surface area contributed by atoms with Gasteiger partial charge < -0.3 is 4.90 Å². The first-order valence-corrected chi connectivity index (χ1v) is 10.1. The maximum absolute atomic E-state index is 13.4. The largest absolute Gasteiger partial charge is 0.334 e. The molecule has 8 nitrogen and oxygen atoms in total. The zero-order valence-electron chi connectivity index (χ0n) is 17.2. The number of rotatable bonds is 8. The normalized spacial score (nSPS) is 10.6. The fourth-order valence-electron chi connectivity index (χ4n) is 3.48. The van der Waals surface area contributed by atoms with Crippen LogP contribution in [0.5, 0.6) is 0 Å². The molecule has 0 spiro atoms. The third-order valence-corrected chi connectivity index (χ3v) is 5.10. The molecular weight excluding hydrogens is 406 g/mol. The van der Waals surface area contributed by atoms with E-state index in [4.69, 9.17) is 0 Å². The maximum atomic E-state index is 13.4. The molecule has 8 heteroatoms. The van der Waals surface area contributed by atoms with Gasteiger partial charge in [0.1, 0.15) is 18.3 Å². The van der Waals surface area contributed by atoms with Gasteiger partial charge >= 0.3 is 0 Å². The Bertz CT molecular complexity index is 1200. The molecule has 32 heavy (non-hydrogen) atoms. The van der Waals surface area contributed by atoms with E-state index >= 15 is 0 Å². The highest BCUT2D eigenvalue weighted by atomic mass is 16.6. The lowest BCUT2D eigenvalue weighted by atomic mass is 10.1. The average Bonchev–Trinajstić information content (AvgIpc) is 3.37. The minimum absolute atomic E-state index is 0.205. The van der Waals surface area contributed by atoms with Gasteiger partial charge in [-0.2, -0.15) is 5.10 Å². The van der Waals surface area contributed by atoms with E-state index in [0.717, 1.165) is 11.1 Å². The van der Waals surface area contributed by atoms with Crippen molar-refractivity contribution >= 4 is 11.6 Å². The Morgan fingerprint density at radius 3 is 2.28 bits per heavy atom. The van der Waals surface area contributed by atoms with Crippen molar-refractivity contribution in [3.8, 4) is 5.69 Å². The van der Waals surface area contributed by atoms with Gasteiger partial charge in [0.05, 0.1) is 4.92 Å². The number of carbonyl (C=O) groups excluding carboxylic acids is 1. The van der Waals surface area contributed by atoms with Gasteiger partial charge in [-0.25, -0.2) is 9.67 Å². The summed E-state index contributed by atoms with van der Waals surface area (Å²) in [5.41, 5.74) is 2.41. The van der Waals surface area contributed by atoms with Crippen molar-refractivity contribution in [3.05, 3.63) is 118 Å². The highest BCUT2D eigenvalue weighted by Crippen LogP contribution is 2.25. The van der Waals surface area contributed by atoms with Crippen molar-refractivity contribution in [2.75, 3.05) is 6.54 Å². The van der Waals surface area contributed by atoms with Gasteiger partial charge in [-0.1, -0.05) is 60.7 Å². The molecule has 0 atom stereocenters. The number of nitrogens with zero attached hydrogens (tertiary/aromatic N) is 5. The van der Waals surface area contributed by atoms with E-state index in [0.29, 0.717) is 19.5 Å². The van der Waals surface area contributed by atoms with Gasteiger partial charge in [0, 0.05) is 24.7 Å². The smallest absolute Gasteiger partial charge is 0.295 e. The summed E-state index contributed by atoms with van der Waals surface area (Å²) in [6.45, 7) is 0.890. The zero-order chi connectivity index (χ0) is 22.3. The molecule has 4 aromatic rings. The van der Waals surface area contributed by atoms with E-state index in [1.165, 1.54) is 29.5 Å². The minimum atomic E-state index is -0.515. The van der Waals surface area contributed by atoms with Crippen molar-refractivity contribution in [3.63, 3.8) is 0 Å². The van der Waals surface area contributed by atoms with E-state index in [2.05, 4.69) is 10.1 Å². The van der Waals surface area contributed by atoms with Crippen LogP contribution in [0.2, 0.25) is 0 Å². The predicted octanol–water partition coefficient (Wildman–Crippen LogP) is 4.06. The number of amides is 1. The van der Waals surface area contributed by atoms with E-state index in [-0.39, 0.29) is 22.8 Å². The Morgan fingerprint density at radius 1 is 0.969 bits per heavy atom. The molecule has 0 saturated heterocycles. The highest BCUT2D eigenvalue weighted by molar-refractivity contribution is 5.95. The molecule has 0 aliphatic rings. The molecule has 0 aliphatic carbocycles. The summed E-state index contributed by atoms with van der Waals surface area (Å²) in [5.74, 6) is -0.266. The third kappa shape index (κ3) is 4.86. The molecule has 1 heterocycles. The summed E-state index contributed by atoms with van der Waals surface area (Å²) in [6, 6.07) is 24.0. The molecule has 3 aromatic carbocycles. The predicted molar refractivity (Wildman–Crippen MR) is 119 cm³/mol. The van der Waals surface area contributed by atoms with Crippen LogP contribution in [0.1, 0.15) is 21.5 Å². The first kappa shape index (κ1) is 20.9. The molecule has 0 aliphatic heterocycles. The molecule has 1 aromatic heterocycles. The number of nitro benzene ring substituents is 1. The maximum Gasteiger partial charge on any atom is 0.295 e. The van der Waals surface area contributed by atoms with Crippen LogP contribution in [0.4, 0.5) is 5.69 Å². The number of hydrogen-bond acceptors (Lipinski definition) is 5. The van der Waals surface area contributed by atoms with Gasteiger partial charge in [0.2, 0.25) is 0 Å². The number of nitro groups is 1. The van der Waals surface area contributed by atoms with Crippen LogP contribution in [0.15, 0.2) is 91.5 Å². The standard InChI is InChI=1S/C24H21N5O3/c30-24(21-11-12-22(23(15-21)29(31)32)28-18-25-17-26-28)27(16-20-9-5-2-6-10-20)14-13-19-7-3-1-4-8-19/h1-12,15,17-18H,13-14,16H2. The van der Waals surface area contributed by atoms with Crippen LogP contribution in [-0.4, -0.2) is 37.0 Å². The van der Waals surface area contributed by atoms with E-state index in [1.54, 1.807) is 11.0 Å². The molecule has 0 radical (unpaired) electrons. The minimum Gasteiger partial charge on any atom is -0.334 e. The molecule has 160 valence electrons. The number of aromatic nitrogens is 3. The van der Waals surface area contributed by atoms with Crippen LogP contribution in [-0.2, 0) is 13.0 Å². The molecule has 0 fully saturated rings. The average molecular weight is 427 g/mol. The Labute approximate surface area is 184 Å². The second-order valence-corrected chi connectivity index (χ2v) is 7.25. The van der Waals surface area contributed by atoms with Crippen LogP contribution in [0.25, 0.3) is 5.69 Å². The molecule has 1 amide bonds. The number of benzene rings is 3. The molecule has 0 unspecified atom stereocenters. The molecule has 4 rings (SSSR count). The van der Waals surface area contributed by atoms with Crippen molar-refractivity contribution in [2.24, 2.45) is 0 Å². The van der Waals surface area contributed by atoms with Crippen LogP contribution in [0, 0.1) is 10.1 Å². The lowest BCUT2D eigenvalue weighted by Gasteiger charge is -2.23. The molecule has 0 bridgehead atoms. The molecule has 0 N–H and O–H groups in total. The lowest BCUT2D eigenvalue weighted by Crippen LogP contribution is -2.32. The second-order valence-electron chi connectivity index (χ2n) is 7.25. The van der Waals surface area contributed by atoms with Gasteiger partial charge in [0.25, 0.3) is 11.6 Å². The summed E-state index contributed by atoms with van der Waals surface area (Å²) < 4.78 is 1.31. The first-order chi connectivity index (χ1) is 15.6. The summed E-state index contributed by atoms with van der Waals surface area (Å²) in [7, 11) is 0. The van der Waals surface area contributed by atoms with E-state index in [1.807, 2.05) is 60.7 Å². The Morgan fingerprint density at radius 2 is 1.66 bits per heavy atom. The number of hydrogen-bond donors (Lipinski definition) is 0. The quantitative estimate of drug-likeness (QED) is 0.312.